The zero-order chi connectivity index (χ0) is 13.0. The molecule has 2 atom stereocenters. The molecule has 0 unspecified atom stereocenters. The van der Waals surface area contributed by atoms with Gasteiger partial charge < -0.3 is 10.1 Å². The number of para-hydroxylation sites is 1. The number of hydrogen-bond donors (Lipinski definition) is 2. The fourth-order valence-corrected chi connectivity index (χ4v) is 3.77. The fourth-order valence-electron chi connectivity index (χ4n) is 3.77. The molecule has 3 heteroatoms. The predicted molar refractivity (Wildman–Crippen MR) is 76.2 cm³/mol. The third-order valence-electron chi connectivity index (χ3n) is 4.84. The van der Waals surface area contributed by atoms with Gasteiger partial charge in [-0.15, -0.1) is 0 Å². The molecule has 3 nitrogen and oxygen atoms in total. The van der Waals surface area contributed by atoms with E-state index in [2.05, 4.69) is 34.1 Å². The Bertz CT molecular complexity index is 629. The van der Waals surface area contributed by atoms with Crippen LogP contribution in [0.2, 0.25) is 0 Å². The number of piperidine rings is 1. The first kappa shape index (κ1) is 11.5. The lowest BCUT2D eigenvalue weighted by atomic mass is 9.83. The van der Waals surface area contributed by atoms with Gasteiger partial charge in [0.2, 0.25) is 0 Å². The van der Waals surface area contributed by atoms with Crippen LogP contribution in [0.3, 0.4) is 0 Å². The summed E-state index contributed by atoms with van der Waals surface area (Å²) in [4.78, 5) is 6.12. The maximum atomic E-state index is 10.4. The minimum atomic E-state index is -0.521. The summed E-state index contributed by atoms with van der Waals surface area (Å²) in [6.45, 7) is 4.10. The molecule has 4 rings (SSSR count). The molecule has 0 radical (unpaired) electrons. The van der Waals surface area contributed by atoms with Gasteiger partial charge in [-0.25, -0.2) is 0 Å². The van der Waals surface area contributed by atoms with E-state index in [9.17, 15) is 5.11 Å². The molecule has 0 saturated carbocycles. The molecular formula is C16H20N2O. The van der Waals surface area contributed by atoms with Crippen molar-refractivity contribution in [1.29, 1.82) is 0 Å². The van der Waals surface area contributed by atoms with Crippen LogP contribution in [0.5, 0.6) is 0 Å². The lowest BCUT2D eigenvalue weighted by Gasteiger charge is -2.44. The smallest absolute Gasteiger partial charge is 0.0650 e. The Morgan fingerprint density at radius 2 is 2.16 bits per heavy atom. The molecule has 1 fully saturated rings. The highest BCUT2D eigenvalue weighted by Crippen LogP contribution is 2.42. The highest BCUT2D eigenvalue weighted by atomic mass is 16.3. The fraction of sp³-hybridized carbons (Fsp3) is 0.500. The van der Waals surface area contributed by atoms with Crippen molar-refractivity contribution < 1.29 is 5.11 Å². The van der Waals surface area contributed by atoms with Crippen LogP contribution in [0.25, 0.3) is 10.9 Å². The second-order valence-corrected chi connectivity index (χ2v) is 6.32. The number of benzene rings is 1. The molecular weight excluding hydrogens is 236 g/mol. The maximum absolute atomic E-state index is 10.4. The van der Waals surface area contributed by atoms with Crippen LogP contribution < -0.4 is 0 Å². The van der Waals surface area contributed by atoms with Gasteiger partial charge >= 0.3 is 0 Å². The molecule has 0 spiro atoms. The Hall–Kier alpha value is -1.32. The molecule has 2 aliphatic rings. The Labute approximate surface area is 113 Å². The van der Waals surface area contributed by atoms with E-state index < -0.39 is 5.60 Å². The molecule has 1 aromatic heterocycles. The average molecular weight is 256 g/mol. The monoisotopic (exact) mass is 256 g/mol. The second kappa shape index (κ2) is 3.84. The van der Waals surface area contributed by atoms with Gasteiger partial charge in [0.25, 0.3) is 0 Å². The molecule has 1 saturated heterocycles. The summed E-state index contributed by atoms with van der Waals surface area (Å²) in [5.41, 5.74) is 3.52. The van der Waals surface area contributed by atoms with Crippen LogP contribution in [0.4, 0.5) is 0 Å². The minimum Gasteiger partial charge on any atom is -0.390 e. The molecule has 100 valence electrons. The van der Waals surface area contributed by atoms with Crippen molar-refractivity contribution in [3.05, 3.63) is 35.5 Å². The molecule has 1 aromatic carbocycles. The van der Waals surface area contributed by atoms with Crippen LogP contribution >= 0.6 is 0 Å². The number of hydrogen-bond acceptors (Lipinski definition) is 2. The van der Waals surface area contributed by atoms with E-state index in [0.29, 0.717) is 6.04 Å². The number of aromatic nitrogens is 1. The van der Waals surface area contributed by atoms with Crippen LogP contribution in [0, 0.1) is 0 Å². The first-order valence-electron chi connectivity index (χ1n) is 7.20. The third kappa shape index (κ3) is 1.72. The van der Waals surface area contributed by atoms with Crippen molar-refractivity contribution in [3.63, 3.8) is 0 Å². The second-order valence-electron chi connectivity index (χ2n) is 6.32. The lowest BCUT2D eigenvalue weighted by molar-refractivity contribution is -0.0380. The van der Waals surface area contributed by atoms with E-state index in [-0.39, 0.29) is 0 Å². The van der Waals surface area contributed by atoms with Crippen LogP contribution in [-0.4, -0.2) is 33.7 Å². The van der Waals surface area contributed by atoms with Crippen LogP contribution in [0.15, 0.2) is 24.3 Å². The zero-order valence-electron chi connectivity index (χ0n) is 11.3. The first-order chi connectivity index (χ1) is 9.14. The van der Waals surface area contributed by atoms with Gasteiger partial charge in [0.1, 0.15) is 0 Å². The summed E-state index contributed by atoms with van der Waals surface area (Å²) in [6.07, 6.45) is 2.85. The van der Waals surface area contributed by atoms with E-state index in [1.54, 1.807) is 0 Å². The minimum absolute atomic E-state index is 0.361. The molecule has 2 aromatic rings. The normalized spacial score (nSPS) is 31.2. The molecule has 0 amide bonds. The summed E-state index contributed by atoms with van der Waals surface area (Å²) in [6, 6.07) is 8.92. The molecule has 2 aliphatic heterocycles. The topological polar surface area (TPSA) is 39.3 Å². The van der Waals surface area contributed by atoms with E-state index in [1.165, 1.54) is 22.2 Å². The standard InChI is InChI=1S/C16H20N2O/c1-16(19)7-9-18-8-6-12-11-4-2-3-5-13(11)17-15(12)14(18)10-16/h2-5,14,17,19H,6-10H2,1H3/t14-,16+/m0/s1. The first-order valence-corrected chi connectivity index (χ1v) is 7.20. The third-order valence-corrected chi connectivity index (χ3v) is 4.84. The van der Waals surface area contributed by atoms with Crippen molar-refractivity contribution in [2.75, 3.05) is 13.1 Å². The Kier molecular flexibility index (Phi) is 2.32. The lowest BCUT2D eigenvalue weighted by Crippen LogP contribution is -2.47. The molecule has 0 bridgehead atoms. The van der Waals surface area contributed by atoms with Crippen molar-refractivity contribution in [2.24, 2.45) is 0 Å². The highest BCUT2D eigenvalue weighted by molar-refractivity contribution is 5.85. The van der Waals surface area contributed by atoms with E-state index in [0.717, 1.165) is 32.4 Å². The van der Waals surface area contributed by atoms with Gasteiger partial charge in [-0.2, -0.15) is 0 Å². The number of fused-ring (bicyclic) bond motifs is 5. The summed E-state index contributed by atoms with van der Waals surface area (Å²) >= 11 is 0. The van der Waals surface area contributed by atoms with Crippen LogP contribution in [0.1, 0.15) is 37.1 Å². The largest absolute Gasteiger partial charge is 0.390 e. The number of rotatable bonds is 0. The highest BCUT2D eigenvalue weighted by Gasteiger charge is 2.39. The summed E-state index contributed by atoms with van der Waals surface area (Å²) < 4.78 is 0. The molecule has 3 heterocycles. The van der Waals surface area contributed by atoms with Crippen molar-refractivity contribution in [1.82, 2.24) is 9.88 Å². The predicted octanol–water partition coefficient (Wildman–Crippen LogP) is 2.61. The number of aliphatic hydroxyl groups is 1. The Morgan fingerprint density at radius 3 is 3.05 bits per heavy atom. The van der Waals surface area contributed by atoms with Gasteiger partial charge in [0.05, 0.1) is 11.6 Å². The van der Waals surface area contributed by atoms with E-state index >= 15 is 0 Å². The van der Waals surface area contributed by atoms with Gasteiger partial charge in [-0.05, 0) is 37.8 Å². The summed E-state index contributed by atoms with van der Waals surface area (Å²) in [5.74, 6) is 0. The van der Waals surface area contributed by atoms with Crippen LogP contribution in [-0.2, 0) is 6.42 Å². The quantitative estimate of drug-likeness (QED) is 0.760. The summed E-state index contributed by atoms with van der Waals surface area (Å²) in [7, 11) is 0. The molecule has 2 N–H and O–H groups in total. The van der Waals surface area contributed by atoms with Gasteiger partial charge in [-0.3, -0.25) is 4.90 Å². The van der Waals surface area contributed by atoms with Gasteiger partial charge in [0.15, 0.2) is 0 Å². The zero-order valence-corrected chi connectivity index (χ0v) is 11.3. The summed E-state index contributed by atoms with van der Waals surface area (Å²) in [5, 5.41) is 11.7. The van der Waals surface area contributed by atoms with Gasteiger partial charge in [-0.1, -0.05) is 18.2 Å². The Morgan fingerprint density at radius 1 is 1.32 bits per heavy atom. The van der Waals surface area contributed by atoms with Crippen molar-refractivity contribution in [3.8, 4) is 0 Å². The Balaban J connectivity index is 1.84. The number of nitrogens with zero attached hydrogens (tertiary/aromatic N) is 1. The average Bonchev–Trinajstić information content (AvgIpc) is 2.77. The number of nitrogens with one attached hydrogen (secondary N) is 1. The maximum Gasteiger partial charge on any atom is 0.0650 e. The molecule has 19 heavy (non-hydrogen) atoms. The van der Waals surface area contributed by atoms with Crippen molar-refractivity contribution in [2.45, 2.75) is 37.8 Å². The van der Waals surface area contributed by atoms with Gasteiger partial charge in [0, 0.05) is 29.7 Å². The van der Waals surface area contributed by atoms with E-state index in [1.807, 2.05) is 6.92 Å². The van der Waals surface area contributed by atoms with Crippen molar-refractivity contribution >= 4 is 10.9 Å². The number of H-pyrrole nitrogens is 1. The SMILES string of the molecule is C[C@@]1(O)CCN2CCc3c([nH]c4ccccc34)[C@@H]2C1. The molecule has 0 aliphatic carbocycles. The van der Waals surface area contributed by atoms with E-state index in [4.69, 9.17) is 0 Å². The number of aromatic amines is 1.